The third-order valence-electron chi connectivity index (χ3n) is 2.90. The van der Waals surface area contributed by atoms with Gasteiger partial charge in [-0.15, -0.1) is 0 Å². The highest BCUT2D eigenvalue weighted by molar-refractivity contribution is 6.05. The lowest BCUT2D eigenvalue weighted by atomic mass is 10.2. The maximum Gasteiger partial charge on any atom is 0.319 e. The third-order valence-corrected chi connectivity index (χ3v) is 2.90. The molecule has 3 N–H and O–H groups in total. The molecule has 6 heteroatoms. The van der Waals surface area contributed by atoms with Crippen LogP contribution in [0.4, 0.5) is 20.6 Å². The van der Waals surface area contributed by atoms with Gasteiger partial charge in [0.25, 0.3) is 5.91 Å². The zero-order valence-corrected chi connectivity index (χ0v) is 12.9. The Morgan fingerprint density at radius 3 is 2.30 bits per heavy atom. The number of rotatable bonds is 4. The van der Waals surface area contributed by atoms with E-state index < -0.39 is 0 Å². The molecule has 0 aliphatic heterocycles. The fourth-order valence-electron chi connectivity index (χ4n) is 1.90. The van der Waals surface area contributed by atoms with Crippen molar-refractivity contribution in [2.45, 2.75) is 19.9 Å². The molecule has 2 aromatic rings. The summed E-state index contributed by atoms with van der Waals surface area (Å²) in [7, 11) is 0. The molecule has 0 radical (unpaired) electrons. The number of carbonyl (C=O) groups excluding carboxylic acids is 2. The largest absolute Gasteiger partial charge is 0.336 e. The smallest absolute Gasteiger partial charge is 0.319 e. The van der Waals surface area contributed by atoms with Crippen molar-refractivity contribution in [3.8, 4) is 0 Å². The molecule has 2 rings (SSSR count). The topological polar surface area (TPSA) is 70.2 Å². The van der Waals surface area contributed by atoms with Crippen LogP contribution in [0.3, 0.4) is 0 Å². The van der Waals surface area contributed by atoms with E-state index in [1.165, 1.54) is 24.3 Å². The zero-order valence-electron chi connectivity index (χ0n) is 12.9. The molecule has 0 spiro atoms. The van der Waals surface area contributed by atoms with Crippen LogP contribution in [0.15, 0.2) is 48.5 Å². The van der Waals surface area contributed by atoms with E-state index in [0.717, 1.165) is 0 Å². The standard InChI is InChI=1S/C17H18FN3O2/c1-11(2)19-17(23)21-15-5-3-4-12(10-15)16(22)20-14-8-6-13(18)7-9-14/h3-11H,1-2H3,(H,20,22)(H2,19,21,23). The van der Waals surface area contributed by atoms with Crippen LogP contribution in [0.1, 0.15) is 24.2 Å². The first-order valence-electron chi connectivity index (χ1n) is 7.18. The summed E-state index contributed by atoms with van der Waals surface area (Å²) in [5.74, 6) is -0.713. The molecule has 0 aliphatic carbocycles. The van der Waals surface area contributed by atoms with E-state index in [1.54, 1.807) is 24.3 Å². The van der Waals surface area contributed by atoms with Gasteiger partial charge in [0.1, 0.15) is 5.82 Å². The van der Waals surface area contributed by atoms with Crippen LogP contribution in [0.25, 0.3) is 0 Å². The van der Waals surface area contributed by atoms with Gasteiger partial charge in [0.05, 0.1) is 0 Å². The van der Waals surface area contributed by atoms with Gasteiger partial charge in [-0.1, -0.05) is 6.07 Å². The third kappa shape index (κ3) is 5.10. The van der Waals surface area contributed by atoms with E-state index in [1.807, 2.05) is 13.8 Å². The fourth-order valence-corrected chi connectivity index (χ4v) is 1.90. The summed E-state index contributed by atoms with van der Waals surface area (Å²) in [6.45, 7) is 3.71. The van der Waals surface area contributed by atoms with E-state index in [0.29, 0.717) is 16.9 Å². The van der Waals surface area contributed by atoms with Gasteiger partial charge in [0.2, 0.25) is 0 Å². The maximum absolute atomic E-state index is 12.9. The van der Waals surface area contributed by atoms with Gasteiger partial charge in [-0.3, -0.25) is 4.79 Å². The Bertz CT molecular complexity index is 699. The number of urea groups is 1. The Morgan fingerprint density at radius 1 is 0.957 bits per heavy atom. The lowest BCUT2D eigenvalue weighted by Crippen LogP contribution is -2.34. The Balaban J connectivity index is 2.05. The predicted molar refractivity (Wildman–Crippen MR) is 88.1 cm³/mol. The maximum atomic E-state index is 12.9. The molecule has 5 nitrogen and oxygen atoms in total. The minimum atomic E-state index is -0.370. The number of halogens is 1. The van der Waals surface area contributed by atoms with Gasteiger partial charge in [0, 0.05) is 23.0 Å². The highest BCUT2D eigenvalue weighted by atomic mass is 19.1. The molecule has 0 saturated carbocycles. The Morgan fingerprint density at radius 2 is 1.65 bits per heavy atom. The lowest BCUT2D eigenvalue weighted by molar-refractivity contribution is 0.102. The van der Waals surface area contributed by atoms with Gasteiger partial charge in [-0.2, -0.15) is 0 Å². The van der Waals surface area contributed by atoms with Crippen LogP contribution >= 0.6 is 0 Å². The molecule has 0 aliphatic rings. The molecule has 0 heterocycles. The number of carbonyl (C=O) groups is 2. The second-order valence-electron chi connectivity index (χ2n) is 5.29. The van der Waals surface area contributed by atoms with Crippen LogP contribution < -0.4 is 16.0 Å². The van der Waals surface area contributed by atoms with Crippen molar-refractivity contribution in [2.75, 3.05) is 10.6 Å². The molecular formula is C17H18FN3O2. The van der Waals surface area contributed by atoms with Gasteiger partial charge < -0.3 is 16.0 Å². The number of benzene rings is 2. The van der Waals surface area contributed by atoms with Crippen molar-refractivity contribution in [3.05, 3.63) is 59.9 Å². The summed E-state index contributed by atoms with van der Waals surface area (Å²) in [6, 6.07) is 11.7. The van der Waals surface area contributed by atoms with E-state index >= 15 is 0 Å². The Hall–Kier alpha value is -2.89. The SMILES string of the molecule is CC(C)NC(=O)Nc1cccc(C(=O)Nc2ccc(F)cc2)c1. The van der Waals surface area contributed by atoms with Crippen molar-refractivity contribution < 1.29 is 14.0 Å². The monoisotopic (exact) mass is 315 g/mol. The number of nitrogens with one attached hydrogen (secondary N) is 3. The van der Waals surface area contributed by atoms with Crippen LogP contribution in [0.2, 0.25) is 0 Å². The molecule has 0 bridgehead atoms. The average Bonchev–Trinajstić information content (AvgIpc) is 2.49. The normalized spacial score (nSPS) is 10.3. The minimum absolute atomic E-state index is 0.0138. The predicted octanol–water partition coefficient (Wildman–Crippen LogP) is 3.61. The number of amides is 3. The van der Waals surface area contributed by atoms with Gasteiger partial charge in [-0.05, 0) is 56.3 Å². The molecule has 120 valence electrons. The van der Waals surface area contributed by atoms with E-state index in [9.17, 15) is 14.0 Å². The minimum Gasteiger partial charge on any atom is -0.336 e. The van der Waals surface area contributed by atoms with Crippen molar-refractivity contribution in [1.82, 2.24) is 5.32 Å². The number of hydrogen-bond acceptors (Lipinski definition) is 2. The van der Waals surface area contributed by atoms with Crippen LogP contribution in [0.5, 0.6) is 0 Å². The molecule has 0 saturated heterocycles. The Kier molecular flexibility index (Phi) is 5.30. The van der Waals surface area contributed by atoms with Crippen molar-refractivity contribution in [3.63, 3.8) is 0 Å². The summed E-state index contributed by atoms with van der Waals surface area (Å²) < 4.78 is 12.9. The lowest BCUT2D eigenvalue weighted by Gasteiger charge is -2.11. The van der Waals surface area contributed by atoms with Crippen LogP contribution in [-0.2, 0) is 0 Å². The molecule has 0 unspecified atom stereocenters. The summed E-state index contributed by atoms with van der Waals surface area (Å²) in [5, 5.41) is 8.02. The van der Waals surface area contributed by atoms with Crippen LogP contribution in [0, 0.1) is 5.82 Å². The van der Waals surface area contributed by atoms with Gasteiger partial charge >= 0.3 is 6.03 Å². The molecule has 0 fully saturated rings. The second kappa shape index (κ2) is 7.40. The highest BCUT2D eigenvalue weighted by Crippen LogP contribution is 2.14. The summed E-state index contributed by atoms with van der Waals surface area (Å²) in [5.41, 5.74) is 1.39. The van der Waals surface area contributed by atoms with E-state index in [4.69, 9.17) is 0 Å². The molecule has 23 heavy (non-hydrogen) atoms. The van der Waals surface area contributed by atoms with Gasteiger partial charge in [-0.25, -0.2) is 9.18 Å². The van der Waals surface area contributed by atoms with Gasteiger partial charge in [0.15, 0.2) is 0 Å². The summed E-state index contributed by atoms with van der Waals surface area (Å²) in [6.07, 6.45) is 0. The molecule has 3 amide bonds. The van der Waals surface area contributed by atoms with E-state index in [2.05, 4.69) is 16.0 Å². The van der Waals surface area contributed by atoms with Crippen LogP contribution in [-0.4, -0.2) is 18.0 Å². The van der Waals surface area contributed by atoms with E-state index in [-0.39, 0.29) is 23.8 Å². The summed E-state index contributed by atoms with van der Waals surface area (Å²) in [4.78, 5) is 23.9. The highest BCUT2D eigenvalue weighted by Gasteiger charge is 2.09. The van der Waals surface area contributed by atoms with Crippen molar-refractivity contribution in [2.24, 2.45) is 0 Å². The first-order chi connectivity index (χ1) is 10.9. The Labute approximate surface area is 133 Å². The quantitative estimate of drug-likeness (QED) is 0.806. The first-order valence-corrected chi connectivity index (χ1v) is 7.18. The first kappa shape index (κ1) is 16.5. The second-order valence-corrected chi connectivity index (χ2v) is 5.29. The summed E-state index contributed by atoms with van der Waals surface area (Å²) >= 11 is 0. The average molecular weight is 315 g/mol. The van der Waals surface area contributed by atoms with Crippen molar-refractivity contribution in [1.29, 1.82) is 0 Å². The van der Waals surface area contributed by atoms with Crippen molar-refractivity contribution >= 4 is 23.3 Å². The number of anilines is 2. The molecular weight excluding hydrogens is 297 g/mol. The number of hydrogen-bond donors (Lipinski definition) is 3. The molecule has 0 atom stereocenters. The molecule has 2 aromatic carbocycles. The molecule has 0 aromatic heterocycles. The zero-order chi connectivity index (χ0) is 16.8. The fraction of sp³-hybridized carbons (Fsp3) is 0.176.